The highest BCUT2D eigenvalue weighted by Gasteiger charge is 2.28. The van der Waals surface area contributed by atoms with Gasteiger partial charge in [-0.15, -0.1) is 0 Å². The van der Waals surface area contributed by atoms with Crippen molar-refractivity contribution in [2.75, 3.05) is 11.9 Å². The second kappa shape index (κ2) is 8.31. The third kappa shape index (κ3) is 4.18. The number of anilines is 1. The van der Waals surface area contributed by atoms with Gasteiger partial charge in [-0.3, -0.25) is 9.20 Å². The van der Waals surface area contributed by atoms with Crippen molar-refractivity contribution in [3.05, 3.63) is 71.8 Å². The zero-order chi connectivity index (χ0) is 23.1. The first-order valence-corrected chi connectivity index (χ1v) is 11.2. The molecule has 168 valence electrons. The second-order valence-corrected chi connectivity index (χ2v) is 9.03. The van der Waals surface area contributed by atoms with E-state index in [0.29, 0.717) is 34.6 Å². The van der Waals surface area contributed by atoms with E-state index in [0.717, 1.165) is 41.8 Å². The number of hydrogen-bond donors (Lipinski definition) is 2. The Hall–Kier alpha value is -3.74. The number of aromatic nitrogens is 3. The molecule has 6 nitrogen and oxygen atoms in total. The Morgan fingerprint density at radius 1 is 1.18 bits per heavy atom. The van der Waals surface area contributed by atoms with Crippen LogP contribution in [0.1, 0.15) is 48.5 Å². The highest BCUT2D eigenvalue weighted by Crippen LogP contribution is 2.43. The Kier molecular flexibility index (Phi) is 5.32. The van der Waals surface area contributed by atoms with Crippen LogP contribution in [0.25, 0.3) is 28.2 Å². The van der Waals surface area contributed by atoms with Crippen molar-refractivity contribution in [1.82, 2.24) is 14.4 Å². The van der Waals surface area contributed by atoms with Gasteiger partial charge in [0.15, 0.2) is 11.5 Å². The summed E-state index contributed by atoms with van der Waals surface area (Å²) < 4.78 is 15.5. The lowest BCUT2D eigenvalue weighted by Crippen LogP contribution is -2.13. The summed E-state index contributed by atoms with van der Waals surface area (Å²) in [6.45, 7) is 5.01. The lowest BCUT2D eigenvalue weighted by Gasteiger charge is -2.13. The van der Waals surface area contributed by atoms with Gasteiger partial charge in [0.2, 0.25) is 5.91 Å². The number of rotatable bonds is 7. The molecule has 1 fully saturated rings. The Bertz CT molecular complexity index is 1340. The molecule has 0 bridgehead atoms. The van der Waals surface area contributed by atoms with Gasteiger partial charge in [-0.05, 0) is 66.6 Å². The number of hydrogen-bond acceptors (Lipinski definition) is 4. The number of primary amides is 1. The molecule has 2 aromatic carbocycles. The molecule has 2 heterocycles. The van der Waals surface area contributed by atoms with Crippen molar-refractivity contribution in [2.24, 2.45) is 11.7 Å². The molecule has 3 N–H and O–H groups in total. The molecule has 33 heavy (non-hydrogen) atoms. The number of nitrogens with zero attached hydrogens (tertiary/aromatic N) is 3. The molecular formula is C26H26FN5O. The molecule has 0 saturated heterocycles. The van der Waals surface area contributed by atoms with E-state index < -0.39 is 5.91 Å². The second-order valence-electron chi connectivity index (χ2n) is 9.03. The minimum absolute atomic E-state index is 0.288. The molecule has 0 atom stereocenters. The van der Waals surface area contributed by atoms with E-state index >= 15 is 0 Å². The Morgan fingerprint density at radius 2 is 1.91 bits per heavy atom. The molecular weight excluding hydrogens is 417 g/mol. The SMILES string of the molecule is CC(C)CNc1nc(-c2ccc(F)cc2)cn2c(-c3ccc(C(N)=O)c(C4CC4)c3)cnc12. The fourth-order valence-electron chi connectivity index (χ4n) is 4.06. The number of carbonyl (C=O) groups is 1. The van der Waals surface area contributed by atoms with Gasteiger partial charge in [0.05, 0.1) is 17.6 Å². The molecule has 1 aliphatic rings. The summed E-state index contributed by atoms with van der Waals surface area (Å²) in [4.78, 5) is 21.4. The molecule has 7 heteroatoms. The van der Waals surface area contributed by atoms with E-state index in [1.807, 2.05) is 28.9 Å². The zero-order valence-corrected chi connectivity index (χ0v) is 18.7. The number of imidazole rings is 1. The van der Waals surface area contributed by atoms with Crippen LogP contribution in [0.4, 0.5) is 10.2 Å². The van der Waals surface area contributed by atoms with Crippen LogP contribution in [0, 0.1) is 11.7 Å². The predicted molar refractivity (Wildman–Crippen MR) is 128 cm³/mol. The molecule has 0 aliphatic heterocycles. The van der Waals surface area contributed by atoms with Crippen LogP contribution in [0.5, 0.6) is 0 Å². The summed E-state index contributed by atoms with van der Waals surface area (Å²) in [5.74, 6) is 0.797. The quantitative estimate of drug-likeness (QED) is 0.409. The fraction of sp³-hybridized carbons (Fsp3) is 0.269. The summed E-state index contributed by atoms with van der Waals surface area (Å²) in [7, 11) is 0. The molecule has 0 unspecified atom stereocenters. The minimum atomic E-state index is -0.399. The van der Waals surface area contributed by atoms with E-state index in [9.17, 15) is 9.18 Å². The number of nitrogens with one attached hydrogen (secondary N) is 1. The van der Waals surface area contributed by atoms with Gasteiger partial charge in [0.1, 0.15) is 5.82 Å². The molecule has 1 aliphatic carbocycles. The summed E-state index contributed by atoms with van der Waals surface area (Å²) in [5.41, 5.74) is 11.3. The Labute approximate surface area is 191 Å². The van der Waals surface area contributed by atoms with Crippen molar-refractivity contribution < 1.29 is 9.18 Å². The third-order valence-corrected chi connectivity index (χ3v) is 5.94. The summed E-state index contributed by atoms with van der Waals surface area (Å²) >= 11 is 0. The van der Waals surface area contributed by atoms with Gasteiger partial charge in [-0.1, -0.05) is 19.9 Å². The number of fused-ring (bicyclic) bond motifs is 1. The van der Waals surface area contributed by atoms with E-state index in [1.54, 1.807) is 12.1 Å². The fourth-order valence-corrected chi connectivity index (χ4v) is 4.06. The minimum Gasteiger partial charge on any atom is -0.367 e. The summed E-state index contributed by atoms with van der Waals surface area (Å²) in [6.07, 6.45) is 5.88. The molecule has 0 spiro atoms. The largest absolute Gasteiger partial charge is 0.367 e. The lowest BCUT2D eigenvalue weighted by molar-refractivity contribution is 0.0999. The topological polar surface area (TPSA) is 85.3 Å². The van der Waals surface area contributed by atoms with Crippen LogP contribution < -0.4 is 11.1 Å². The summed E-state index contributed by atoms with van der Waals surface area (Å²) in [5, 5.41) is 3.41. The average molecular weight is 444 g/mol. The average Bonchev–Trinajstić information content (AvgIpc) is 3.56. The first-order valence-electron chi connectivity index (χ1n) is 11.2. The number of carbonyl (C=O) groups excluding carboxylic acids is 1. The van der Waals surface area contributed by atoms with Crippen molar-refractivity contribution in [1.29, 1.82) is 0 Å². The van der Waals surface area contributed by atoms with Crippen LogP contribution in [-0.2, 0) is 0 Å². The predicted octanol–water partition coefficient (Wildman–Crippen LogP) is 5.25. The van der Waals surface area contributed by atoms with Crippen LogP contribution in [0.3, 0.4) is 0 Å². The maximum Gasteiger partial charge on any atom is 0.248 e. The molecule has 5 rings (SSSR count). The smallest absolute Gasteiger partial charge is 0.248 e. The van der Waals surface area contributed by atoms with Gasteiger partial charge >= 0.3 is 0 Å². The van der Waals surface area contributed by atoms with Crippen LogP contribution in [-0.4, -0.2) is 26.8 Å². The van der Waals surface area contributed by atoms with Crippen molar-refractivity contribution in [3.8, 4) is 22.5 Å². The van der Waals surface area contributed by atoms with Crippen molar-refractivity contribution in [3.63, 3.8) is 0 Å². The van der Waals surface area contributed by atoms with Crippen LogP contribution >= 0.6 is 0 Å². The maximum atomic E-state index is 13.5. The van der Waals surface area contributed by atoms with Crippen LogP contribution in [0.2, 0.25) is 0 Å². The molecule has 2 aromatic heterocycles. The van der Waals surface area contributed by atoms with Gasteiger partial charge in [0, 0.05) is 29.4 Å². The molecule has 1 saturated carbocycles. The number of halogens is 1. The van der Waals surface area contributed by atoms with Gasteiger partial charge in [0.25, 0.3) is 0 Å². The molecule has 4 aromatic rings. The normalized spacial score (nSPS) is 13.6. The lowest BCUT2D eigenvalue weighted by atomic mass is 9.98. The number of amides is 1. The van der Waals surface area contributed by atoms with E-state index in [1.165, 1.54) is 12.1 Å². The van der Waals surface area contributed by atoms with E-state index in [-0.39, 0.29) is 5.82 Å². The number of nitrogens with two attached hydrogens (primary N) is 1. The summed E-state index contributed by atoms with van der Waals surface area (Å²) in [6, 6.07) is 12.1. The van der Waals surface area contributed by atoms with E-state index in [4.69, 9.17) is 10.7 Å². The Morgan fingerprint density at radius 3 is 2.58 bits per heavy atom. The van der Waals surface area contributed by atoms with Crippen molar-refractivity contribution in [2.45, 2.75) is 32.6 Å². The standard InChI is InChI=1S/C26H26FN5O/c1-15(2)12-29-25-26-30-13-23(18-7-10-20(24(28)33)21(11-18)16-3-4-16)32(26)14-22(31-25)17-5-8-19(27)9-6-17/h5-11,13-16H,3-4,12H2,1-2H3,(H2,28,33)(H,29,31). The van der Waals surface area contributed by atoms with Gasteiger partial charge in [-0.2, -0.15) is 0 Å². The van der Waals surface area contributed by atoms with Gasteiger partial charge < -0.3 is 11.1 Å². The third-order valence-electron chi connectivity index (χ3n) is 5.94. The maximum absolute atomic E-state index is 13.5. The number of benzene rings is 2. The highest BCUT2D eigenvalue weighted by atomic mass is 19.1. The monoisotopic (exact) mass is 443 g/mol. The zero-order valence-electron chi connectivity index (χ0n) is 18.7. The Balaban J connectivity index is 1.66. The first-order chi connectivity index (χ1) is 15.9. The van der Waals surface area contributed by atoms with Crippen molar-refractivity contribution >= 4 is 17.4 Å². The van der Waals surface area contributed by atoms with Crippen LogP contribution in [0.15, 0.2) is 54.9 Å². The first kappa shape index (κ1) is 21.1. The van der Waals surface area contributed by atoms with Gasteiger partial charge in [-0.25, -0.2) is 14.4 Å². The highest BCUT2D eigenvalue weighted by molar-refractivity contribution is 5.95. The molecule has 0 radical (unpaired) electrons. The molecule has 1 amide bonds. The van der Waals surface area contributed by atoms with E-state index in [2.05, 4.69) is 30.2 Å².